The van der Waals surface area contributed by atoms with Crippen LogP contribution in [0.5, 0.6) is 0 Å². The summed E-state index contributed by atoms with van der Waals surface area (Å²) in [5.41, 5.74) is 8.71. The van der Waals surface area contributed by atoms with Crippen LogP contribution in [0.2, 0.25) is 5.02 Å². The van der Waals surface area contributed by atoms with Gasteiger partial charge in [0.2, 0.25) is 0 Å². The highest BCUT2D eigenvalue weighted by Gasteiger charge is 2.24. The number of aromatic nitrogens is 2. The van der Waals surface area contributed by atoms with Crippen LogP contribution in [-0.2, 0) is 13.6 Å². The predicted octanol–water partition coefficient (Wildman–Crippen LogP) is 2.98. The second kappa shape index (κ2) is 7.07. The second-order valence-corrected chi connectivity index (χ2v) is 5.94. The van der Waals surface area contributed by atoms with Crippen molar-refractivity contribution in [1.29, 1.82) is 0 Å². The van der Waals surface area contributed by atoms with E-state index in [9.17, 15) is 0 Å². The Balaban J connectivity index is 2.18. The fraction of sp³-hybridized carbons (Fsp3) is 0.438. The molecular weight excluding hydrogens is 284 g/mol. The molecule has 2 rings (SSSR count). The Bertz CT molecular complexity index is 564. The summed E-state index contributed by atoms with van der Waals surface area (Å²) >= 11 is 5.94. The van der Waals surface area contributed by atoms with Crippen molar-refractivity contribution in [2.45, 2.75) is 32.0 Å². The number of hydrogen-bond acceptors (Lipinski definition) is 3. The molecule has 0 fully saturated rings. The van der Waals surface area contributed by atoms with Crippen molar-refractivity contribution >= 4 is 11.6 Å². The van der Waals surface area contributed by atoms with Crippen LogP contribution in [0, 0.1) is 0 Å². The summed E-state index contributed by atoms with van der Waals surface area (Å²) in [5, 5.41) is 5.03. The number of nitrogens with two attached hydrogens (primary N) is 1. The van der Waals surface area contributed by atoms with Crippen molar-refractivity contribution in [3.63, 3.8) is 0 Å². The first-order valence-corrected chi connectivity index (χ1v) is 7.58. The normalized spacial score (nSPS) is 14.4. The molecule has 2 N–H and O–H groups in total. The summed E-state index contributed by atoms with van der Waals surface area (Å²) < 4.78 is 1.82. The molecule has 0 aliphatic heterocycles. The minimum Gasteiger partial charge on any atom is -0.326 e. The minimum atomic E-state index is 0.0755. The highest BCUT2D eigenvalue weighted by Crippen LogP contribution is 2.25. The van der Waals surface area contributed by atoms with Gasteiger partial charge < -0.3 is 5.73 Å². The van der Waals surface area contributed by atoms with Gasteiger partial charge in [-0.3, -0.25) is 9.58 Å². The molecule has 0 saturated carbocycles. The van der Waals surface area contributed by atoms with Crippen molar-refractivity contribution in [1.82, 2.24) is 14.7 Å². The largest absolute Gasteiger partial charge is 0.326 e. The lowest BCUT2D eigenvalue weighted by Gasteiger charge is -2.31. The third-order valence-electron chi connectivity index (χ3n) is 3.76. The molecule has 0 bridgehead atoms. The molecule has 0 amide bonds. The molecule has 2 atom stereocenters. The smallest absolute Gasteiger partial charge is 0.0538 e. The van der Waals surface area contributed by atoms with E-state index in [1.165, 1.54) is 5.56 Å². The zero-order chi connectivity index (χ0) is 15.4. The predicted molar refractivity (Wildman–Crippen MR) is 87.1 cm³/mol. The van der Waals surface area contributed by atoms with Gasteiger partial charge in [0.15, 0.2) is 0 Å². The van der Waals surface area contributed by atoms with E-state index in [2.05, 4.69) is 36.1 Å². The number of rotatable bonds is 6. The van der Waals surface area contributed by atoms with Crippen LogP contribution in [0.1, 0.15) is 30.5 Å². The second-order valence-electron chi connectivity index (χ2n) is 5.51. The number of aryl methyl sites for hydroxylation is 1. The van der Waals surface area contributed by atoms with Gasteiger partial charge in [-0.1, -0.05) is 30.7 Å². The molecule has 2 unspecified atom stereocenters. The Morgan fingerprint density at radius 2 is 2.00 bits per heavy atom. The molecule has 0 aliphatic rings. The van der Waals surface area contributed by atoms with Crippen LogP contribution in [-0.4, -0.2) is 27.8 Å². The highest BCUT2D eigenvalue weighted by atomic mass is 35.5. The summed E-state index contributed by atoms with van der Waals surface area (Å²) in [6, 6.07) is 8.17. The first kappa shape index (κ1) is 16.0. The molecule has 0 aliphatic carbocycles. The van der Waals surface area contributed by atoms with Crippen LogP contribution >= 0.6 is 11.6 Å². The van der Waals surface area contributed by atoms with Crippen LogP contribution in [0.25, 0.3) is 0 Å². The molecule has 2 aromatic rings. The Morgan fingerprint density at radius 1 is 1.33 bits per heavy atom. The van der Waals surface area contributed by atoms with Gasteiger partial charge in [0.05, 0.1) is 12.2 Å². The van der Waals surface area contributed by atoms with Gasteiger partial charge in [0.25, 0.3) is 0 Å². The number of hydrogen-bond donors (Lipinski definition) is 1. The molecule has 1 heterocycles. The molecule has 5 heteroatoms. The maximum Gasteiger partial charge on any atom is 0.0538 e. The number of benzene rings is 1. The number of nitrogens with zero attached hydrogens (tertiary/aromatic N) is 3. The van der Waals surface area contributed by atoms with Crippen molar-refractivity contribution in [3.8, 4) is 0 Å². The van der Waals surface area contributed by atoms with Gasteiger partial charge in [-0.2, -0.15) is 5.10 Å². The van der Waals surface area contributed by atoms with Crippen molar-refractivity contribution in [2.24, 2.45) is 12.8 Å². The van der Waals surface area contributed by atoms with Gasteiger partial charge in [-0.25, -0.2) is 0 Å². The maximum atomic E-state index is 6.34. The summed E-state index contributed by atoms with van der Waals surface area (Å²) in [7, 11) is 4.03. The Hall–Kier alpha value is -1.36. The number of halogens is 1. The summed E-state index contributed by atoms with van der Waals surface area (Å²) in [6.45, 7) is 2.94. The zero-order valence-corrected chi connectivity index (χ0v) is 13.6. The van der Waals surface area contributed by atoms with E-state index >= 15 is 0 Å². The van der Waals surface area contributed by atoms with Crippen LogP contribution in [0.3, 0.4) is 0 Å². The van der Waals surface area contributed by atoms with Gasteiger partial charge >= 0.3 is 0 Å². The lowest BCUT2D eigenvalue weighted by atomic mass is 9.99. The SMILES string of the molecule is CCC(N)C(c1cnn(C)c1)N(C)Cc1ccc(Cl)cc1. The summed E-state index contributed by atoms with van der Waals surface area (Å²) in [5.74, 6) is 0. The van der Waals surface area contributed by atoms with Gasteiger partial charge in [0, 0.05) is 36.4 Å². The number of likely N-dealkylation sites (N-methyl/N-ethyl adjacent to an activating group) is 1. The van der Waals surface area contributed by atoms with Gasteiger partial charge in [-0.15, -0.1) is 0 Å². The van der Waals surface area contributed by atoms with E-state index in [1.807, 2.05) is 36.3 Å². The third kappa shape index (κ3) is 4.06. The average molecular weight is 307 g/mol. The molecule has 114 valence electrons. The molecule has 0 spiro atoms. The Labute approximate surface area is 131 Å². The van der Waals surface area contributed by atoms with E-state index in [0.29, 0.717) is 0 Å². The van der Waals surface area contributed by atoms with E-state index in [1.54, 1.807) is 0 Å². The lowest BCUT2D eigenvalue weighted by Crippen LogP contribution is -2.38. The van der Waals surface area contributed by atoms with Crippen molar-refractivity contribution < 1.29 is 0 Å². The van der Waals surface area contributed by atoms with Crippen LogP contribution < -0.4 is 5.73 Å². The molecule has 21 heavy (non-hydrogen) atoms. The minimum absolute atomic E-state index is 0.0755. The topological polar surface area (TPSA) is 47.1 Å². The molecule has 1 aromatic carbocycles. The lowest BCUT2D eigenvalue weighted by molar-refractivity contribution is 0.201. The first-order chi connectivity index (χ1) is 10.0. The molecule has 4 nitrogen and oxygen atoms in total. The van der Waals surface area contributed by atoms with Crippen LogP contribution in [0.15, 0.2) is 36.7 Å². The maximum absolute atomic E-state index is 6.34. The molecule has 1 aromatic heterocycles. The fourth-order valence-corrected chi connectivity index (χ4v) is 2.75. The zero-order valence-electron chi connectivity index (χ0n) is 12.8. The fourth-order valence-electron chi connectivity index (χ4n) is 2.62. The monoisotopic (exact) mass is 306 g/mol. The van der Waals surface area contributed by atoms with E-state index in [4.69, 9.17) is 17.3 Å². The first-order valence-electron chi connectivity index (χ1n) is 7.20. The standard InChI is InChI=1S/C16H23ClN4/c1-4-15(18)16(13-9-19-21(3)11-13)20(2)10-12-5-7-14(17)8-6-12/h5-9,11,15-16H,4,10,18H2,1-3H3. The molecular formula is C16H23ClN4. The van der Waals surface area contributed by atoms with E-state index in [-0.39, 0.29) is 12.1 Å². The average Bonchev–Trinajstić information content (AvgIpc) is 2.87. The van der Waals surface area contributed by atoms with Crippen molar-refractivity contribution in [2.75, 3.05) is 7.05 Å². The molecule has 0 radical (unpaired) electrons. The Morgan fingerprint density at radius 3 is 2.52 bits per heavy atom. The van der Waals surface area contributed by atoms with E-state index < -0.39 is 0 Å². The highest BCUT2D eigenvalue weighted by molar-refractivity contribution is 6.30. The van der Waals surface area contributed by atoms with Gasteiger partial charge in [0.1, 0.15) is 0 Å². The quantitative estimate of drug-likeness (QED) is 0.892. The molecule has 0 saturated heterocycles. The van der Waals surface area contributed by atoms with E-state index in [0.717, 1.165) is 23.6 Å². The summed E-state index contributed by atoms with van der Waals surface area (Å²) in [6.07, 6.45) is 4.86. The Kier molecular flexibility index (Phi) is 5.39. The van der Waals surface area contributed by atoms with Gasteiger partial charge in [-0.05, 0) is 31.2 Å². The van der Waals surface area contributed by atoms with Crippen molar-refractivity contribution in [3.05, 3.63) is 52.8 Å². The third-order valence-corrected chi connectivity index (χ3v) is 4.02. The van der Waals surface area contributed by atoms with Crippen LogP contribution in [0.4, 0.5) is 0 Å². The summed E-state index contributed by atoms with van der Waals surface area (Å²) in [4.78, 5) is 2.27.